The fourth-order valence-corrected chi connectivity index (χ4v) is 5.19. The largest absolute Gasteiger partial charge is 0.355 e. The summed E-state index contributed by atoms with van der Waals surface area (Å²) in [7, 11) is 0. The molecule has 0 unspecified atom stereocenters. The van der Waals surface area contributed by atoms with Gasteiger partial charge < -0.3 is 4.90 Å². The van der Waals surface area contributed by atoms with Gasteiger partial charge in [-0.1, -0.05) is 0 Å². The van der Waals surface area contributed by atoms with E-state index in [2.05, 4.69) is 14.9 Å². The molecule has 1 saturated heterocycles. The topological polar surface area (TPSA) is 29.0 Å². The van der Waals surface area contributed by atoms with Crippen LogP contribution in [0.15, 0.2) is 41.4 Å². The highest BCUT2D eigenvalue weighted by Gasteiger charge is 2.53. The molecular formula is C18H15F2N3S2. The van der Waals surface area contributed by atoms with Crippen LogP contribution >= 0.6 is 23.5 Å². The van der Waals surface area contributed by atoms with Crippen molar-refractivity contribution in [3.05, 3.63) is 36.5 Å². The van der Waals surface area contributed by atoms with Crippen LogP contribution in [0.4, 0.5) is 14.1 Å². The Bertz CT molecular complexity index is 927. The highest BCUT2D eigenvalue weighted by molar-refractivity contribution is 7.94. The van der Waals surface area contributed by atoms with E-state index < -0.39 is 6.17 Å². The Kier molecular flexibility index (Phi) is 3.50. The number of rotatable bonds is 3. The minimum absolute atomic E-state index is 0.207. The van der Waals surface area contributed by atoms with Crippen LogP contribution in [0.1, 0.15) is 12.8 Å². The molecule has 7 heteroatoms. The average molecular weight is 375 g/mol. The number of hydrogen-bond donors (Lipinski definition) is 0. The van der Waals surface area contributed by atoms with E-state index in [1.807, 2.05) is 30.5 Å². The zero-order chi connectivity index (χ0) is 17.0. The zero-order valence-electron chi connectivity index (χ0n) is 13.3. The maximum absolute atomic E-state index is 13.1. The number of benzene rings is 1. The number of pyridine rings is 1. The van der Waals surface area contributed by atoms with Gasteiger partial charge in [-0.25, -0.2) is 14.4 Å². The highest BCUT2D eigenvalue weighted by Crippen LogP contribution is 2.50. The maximum Gasteiger partial charge on any atom is 0.128 e. The first-order valence-electron chi connectivity index (χ1n) is 8.19. The third-order valence-corrected chi connectivity index (χ3v) is 6.63. The molecule has 5 rings (SSSR count). The maximum atomic E-state index is 13.1. The average Bonchev–Trinajstić information content (AvgIpc) is 3.00. The molecule has 3 heterocycles. The predicted octanol–water partition coefficient (Wildman–Crippen LogP) is 5.27. The highest BCUT2D eigenvalue weighted by atomic mass is 32.2. The van der Waals surface area contributed by atoms with E-state index in [9.17, 15) is 8.28 Å². The van der Waals surface area contributed by atoms with Crippen molar-refractivity contribution < 1.29 is 8.28 Å². The van der Waals surface area contributed by atoms with E-state index in [0.717, 1.165) is 39.7 Å². The van der Waals surface area contributed by atoms with Gasteiger partial charge in [-0.3, -0.25) is 0 Å². The lowest BCUT2D eigenvalue weighted by molar-refractivity contribution is 0.000448. The zero-order valence-corrected chi connectivity index (χ0v) is 14.9. The summed E-state index contributed by atoms with van der Waals surface area (Å²) in [6.45, 7) is 1.81. The number of alkyl halides is 1. The minimum atomic E-state index is -0.604. The molecule has 1 saturated carbocycles. The van der Waals surface area contributed by atoms with Crippen molar-refractivity contribution in [2.24, 2.45) is 5.41 Å². The lowest BCUT2D eigenvalue weighted by Gasteiger charge is -2.57. The molecule has 0 N–H and O–H groups in total. The van der Waals surface area contributed by atoms with Crippen LogP contribution in [0.2, 0.25) is 0 Å². The fraction of sp³-hybridized carbons (Fsp3) is 0.333. The Morgan fingerprint density at radius 2 is 2.04 bits per heavy atom. The number of nitrogens with zero attached hydrogens (tertiary/aromatic N) is 3. The van der Waals surface area contributed by atoms with E-state index in [1.165, 1.54) is 0 Å². The molecule has 2 fully saturated rings. The van der Waals surface area contributed by atoms with Gasteiger partial charge in [0, 0.05) is 35.2 Å². The Morgan fingerprint density at radius 1 is 1.20 bits per heavy atom. The summed E-state index contributed by atoms with van der Waals surface area (Å²) < 4.78 is 26.8. The summed E-state index contributed by atoms with van der Waals surface area (Å²) >= 11 is 1.79. The summed E-state index contributed by atoms with van der Waals surface area (Å²) in [4.78, 5) is 12.0. The summed E-state index contributed by atoms with van der Waals surface area (Å²) in [5, 5.41) is 0.884. The van der Waals surface area contributed by atoms with Crippen LogP contribution in [-0.2, 0) is 0 Å². The number of anilines is 1. The molecule has 0 atom stereocenters. The van der Waals surface area contributed by atoms with E-state index in [0.29, 0.717) is 17.7 Å². The Morgan fingerprint density at radius 3 is 2.72 bits per heavy atom. The Labute approximate surface area is 152 Å². The second kappa shape index (κ2) is 5.64. The van der Waals surface area contributed by atoms with Crippen molar-refractivity contribution in [1.29, 1.82) is 0 Å². The number of halogens is 2. The summed E-state index contributed by atoms with van der Waals surface area (Å²) in [6, 6.07) is 9.42. The Hall–Kier alpha value is -1.73. The molecule has 2 aromatic heterocycles. The third kappa shape index (κ3) is 2.60. The normalized spacial score (nSPS) is 19.2. The molecule has 0 amide bonds. The molecule has 1 aliphatic carbocycles. The number of aromatic nitrogens is 2. The van der Waals surface area contributed by atoms with Gasteiger partial charge in [0.25, 0.3) is 0 Å². The molecule has 0 bridgehead atoms. The van der Waals surface area contributed by atoms with Crippen LogP contribution in [-0.4, -0.2) is 29.2 Å². The molecule has 2 aliphatic rings. The van der Waals surface area contributed by atoms with Gasteiger partial charge in [0.05, 0.1) is 22.4 Å². The third-order valence-electron chi connectivity index (χ3n) is 5.13. The fourth-order valence-electron chi connectivity index (χ4n) is 3.84. The first-order valence-corrected chi connectivity index (χ1v) is 9.72. The number of hydrogen-bond acceptors (Lipinski definition) is 5. The standard InChI is InChI=1S/C18H15F2N3S2/c19-12-6-18(7-12)9-23(10-18)16-4-1-11(8-21-16)17-22-14-3-2-13(25-20)5-15(14)24-17/h1-5,8,12H,6-7,9-10H2. The lowest BCUT2D eigenvalue weighted by atomic mass is 9.62. The van der Waals surface area contributed by atoms with Gasteiger partial charge in [0.1, 0.15) is 17.0 Å². The SMILES string of the molecule is FSc1ccc2nc(-c3ccc(N4CC5(CC(F)C5)C4)nc3)sc2c1. The van der Waals surface area contributed by atoms with E-state index >= 15 is 0 Å². The van der Waals surface area contributed by atoms with Crippen LogP contribution in [0.3, 0.4) is 0 Å². The van der Waals surface area contributed by atoms with Crippen molar-refractivity contribution in [2.45, 2.75) is 23.9 Å². The van der Waals surface area contributed by atoms with Crippen molar-refractivity contribution in [1.82, 2.24) is 9.97 Å². The molecular weight excluding hydrogens is 360 g/mol. The second-order valence-electron chi connectivity index (χ2n) is 6.99. The van der Waals surface area contributed by atoms with Gasteiger partial charge in [-0.2, -0.15) is 3.89 Å². The molecule has 0 radical (unpaired) electrons. The molecule has 1 spiro atoms. The smallest absolute Gasteiger partial charge is 0.128 e. The molecule has 1 aromatic carbocycles. The van der Waals surface area contributed by atoms with E-state index in [4.69, 9.17) is 0 Å². The predicted molar refractivity (Wildman–Crippen MR) is 98.6 cm³/mol. The van der Waals surface area contributed by atoms with Crippen molar-refractivity contribution in [2.75, 3.05) is 18.0 Å². The van der Waals surface area contributed by atoms with Gasteiger partial charge >= 0.3 is 0 Å². The summed E-state index contributed by atoms with van der Waals surface area (Å²) in [6.07, 6.45) is 2.63. The van der Waals surface area contributed by atoms with Crippen LogP contribution < -0.4 is 4.90 Å². The van der Waals surface area contributed by atoms with E-state index in [1.54, 1.807) is 17.4 Å². The van der Waals surface area contributed by atoms with Gasteiger partial charge in [-0.15, -0.1) is 11.3 Å². The number of fused-ring (bicyclic) bond motifs is 1. The van der Waals surface area contributed by atoms with Crippen LogP contribution in [0.5, 0.6) is 0 Å². The van der Waals surface area contributed by atoms with E-state index in [-0.39, 0.29) is 17.6 Å². The number of thiazole rings is 1. The van der Waals surface area contributed by atoms with Crippen LogP contribution in [0.25, 0.3) is 20.8 Å². The molecule has 1 aliphatic heterocycles. The van der Waals surface area contributed by atoms with Crippen LogP contribution in [0, 0.1) is 5.41 Å². The first-order chi connectivity index (χ1) is 12.1. The first kappa shape index (κ1) is 15.5. The van der Waals surface area contributed by atoms with Crippen molar-refractivity contribution in [3.8, 4) is 10.6 Å². The van der Waals surface area contributed by atoms with Crippen molar-refractivity contribution in [3.63, 3.8) is 0 Å². The Balaban J connectivity index is 1.35. The lowest BCUT2D eigenvalue weighted by Crippen LogP contribution is -2.63. The summed E-state index contributed by atoms with van der Waals surface area (Å²) in [5.74, 6) is 0.939. The second-order valence-corrected chi connectivity index (χ2v) is 8.65. The van der Waals surface area contributed by atoms with Gasteiger partial charge in [0.2, 0.25) is 0 Å². The summed E-state index contributed by atoms with van der Waals surface area (Å²) in [5.41, 5.74) is 2.04. The minimum Gasteiger partial charge on any atom is -0.355 e. The quantitative estimate of drug-likeness (QED) is 0.623. The van der Waals surface area contributed by atoms with Gasteiger partial charge in [0.15, 0.2) is 0 Å². The van der Waals surface area contributed by atoms with Crippen molar-refractivity contribution >= 4 is 39.5 Å². The monoisotopic (exact) mass is 375 g/mol. The molecule has 128 valence electrons. The van der Waals surface area contributed by atoms with Gasteiger partial charge in [-0.05, 0) is 43.2 Å². The molecule has 3 aromatic rings. The molecule has 25 heavy (non-hydrogen) atoms. The molecule has 3 nitrogen and oxygen atoms in total.